The van der Waals surface area contributed by atoms with Crippen molar-refractivity contribution < 1.29 is 14.1 Å². The lowest BCUT2D eigenvalue weighted by atomic mass is 10.1. The fraction of sp³-hybridized carbons (Fsp3) is 0.357. The number of nitrogens with zero attached hydrogens (tertiary/aromatic N) is 2. The van der Waals surface area contributed by atoms with Crippen molar-refractivity contribution in [2.75, 3.05) is 6.61 Å². The van der Waals surface area contributed by atoms with E-state index >= 15 is 0 Å². The predicted octanol–water partition coefficient (Wildman–Crippen LogP) is 2.59. The summed E-state index contributed by atoms with van der Waals surface area (Å²) >= 11 is 0. The summed E-state index contributed by atoms with van der Waals surface area (Å²) in [5.74, 6) is 0.744. The number of rotatable bonds is 6. The van der Waals surface area contributed by atoms with E-state index in [9.17, 15) is 4.79 Å². The third kappa shape index (κ3) is 3.48. The molecule has 1 aromatic heterocycles. The maximum Gasteiger partial charge on any atom is 0.234 e. The van der Waals surface area contributed by atoms with Crippen LogP contribution in [-0.2, 0) is 11.2 Å². The molecule has 0 amide bonds. The van der Waals surface area contributed by atoms with E-state index in [1.54, 1.807) is 12.1 Å². The summed E-state index contributed by atoms with van der Waals surface area (Å²) in [4.78, 5) is 16.1. The molecule has 0 bridgehead atoms. The van der Waals surface area contributed by atoms with E-state index in [1.807, 2.05) is 32.0 Å². The van der Waals surface area contributed by atoms with Crippen molar-refractivity contribution in [2.24, 2.45) is 0 Å². The second-order valence-electron chi connectivity index (χ2n) is 4.11. The number of aromatic nitrogens is 2. The van der Waals surface area contributed by atoms with E-state index in [0.29, 0.717) is 23.9 Å². The molecule has 19 heavy (non-hydrogen) atoms. The lowest BCUT2D eigenvalue weighted by molar-refractivity contribution is 0.0683. The van der Waals surface area contributed by atoms with Crippen molar-refractivity contribution in [3.05, 3.63) is 47.6 Å². The fourth-order valence-corrected chi connectivity index (χ4v) is 1.69. The monoisotopic (exact) mass is 260 g/mol. The molecule has 0 saturated heterocycles. The van der Waals surface area contributed by atoms with E-state index in [1.165, 1.54) is 0 Å². The summed E-state index contributed by atoms with van der Waals surface area (Å²) in [6, 6.07) is 9.05. The molecule has 5 nitrogen and oxygen atoms in total. The molecule has 100 valence electrons. The average molecular weight is 260 g/mol. The van der Waals surface area contributed by atoms with Gasteiger partial charge in [-0.25, -0.2) is 0 Å². The van der Waals surface area contributed by atoms with Crippen LogP contribution in [0.25, 0.3) is 0 Å². The van der Waals surface area contributed by atoms with Crippen LogP contribution < -0.4 is 0 Å². The quantitative estimate of drug-likeness (QED) is 0.747. The fourth-order valence-electron chi connectivity index (χ4n) is 1.69. The average Bonchev–Trinajstić information content (AvgIpc) is 2.88. The molecule has 2 aromatic rings. The Morgan fingerprint density at radius 3 is 2.79 bits per heavy atom. The van der Waals surface area contributed by atoms with Crippen LogP contribution in [0.15, 0.2) is 34.9 Å². The molecule has 0 aliphatic carbocycles. The van der Waals surface area contributed by atoms with Crippen LogP contribution in [0.4, 0.5) is 0 Å². The summed E-state index contributed by atoms with van der Waals surface area (Å²) in [7, 11) is 0. The van der Waals surface area contributed by atoms with Crippen molar-refractivity contribution >= 4 is 5.78 Å². The summed E-state index contributed by atoms with van der Waals surface area (Å²) in [5.41, 5.74) is 0.639. The van der Waals surface area contributed by atoms with Gasteiger partial charge in [0, 0.05) is 12.2 Å². The van der Waals surface area contributed by atoms with Crippen LogP contribution in [-0.4, -0.2) is 22.5 Å². The van der Waals surface area contributed by atoms with E-state index in [2.05, 4.69) is 10.1 Å². The Kier molecular flexibility index (Phi) is 4.41. The Morgan fingerprint density at radius 2 is 2.11 bits per heavy atom. The van der Waals surface area contributed by atoms with Crippen LogP contribution in [0.3, 0.4) is 0 Å². The molecule has 0 saturated carbocycles. The molecule has 0 aliphatic heterocycles. The van der Waals surface area contributed by atoms with Gasteiger partial charge in [-0.15, -0.1) is 0 Å². The first-order valence-electron chi connectivity index (χ1n) is 6.23. The zero-order valence-electron chi connectivity index (χ0n) is 11.0. The van der Waals surface area contributed by atoms with Gasteiger partial charge in [0.05, 0.1) is 6.42 Å². The molecular weight excluding hydrogens is 244 g/mol. The first-order valence-corrected chi connectivity index (χ1v) is 6.23. The van der Waals surface area contributed by atoms with E-state index in [0.717, 1.165) is 0 Å². The van der Waals surface area contributed by atoms with Gasteiger partial charge in [-0.05, 0) is 13.8 Å². The normalized spacial score (nSPS) is 12.3. The second-order valence-corrected chi connectivity index (χ2v) is 4.11. The van der Waals surface area contributed by atoms with Crippen molar-refractivity contribution in [3.8, 4) is 0 Å². The van der Waals surface area contributed by atoms with Gasteiger partial charge in [0.25, 0.3) is 0 Å². The molecule has 2 rings (SSSR count). The van der Waals surface area contributed by atoms with Gasteiger partial charge in [0.15, 0.2) is 11.6 Å². The Balaban J connectivity index is 2.02. The number of hydrogen-bond donors (Lipinski definition) is 0. The molecule has 0 fully saturated rings. The highest BCUT2D eigenvalue weighted by atomic mass is 16.5. The number of hydrogen-bond acceptors (Lipinski definition) is 5. The van der Waals surface area contributed by atoms with Crippen molar-refractivity contribution in [1.29, 1.82) is 0 Å². The van der Waals surface area contributed by atoms with Crippen molar-refractivity contribution in [1.82, 2.24) is 10.1 Å². The lowest BCUT2D eigenvalue weighted by Gasteiger charge is -2.04. The highest BCUT2D eigenvalue weighted by molar-refractivity contribution is 5.96. The van der Waals surface area contributed by atoms with E-state index in [-0.39, 0.29) is 18.3 Å². The number of Topliss-reactive ketones (excluding diaryl/α,β-unsaturated/α-hetero) is 1. The Labute approximate surface area is 111 Å². The highest BCUT2D eigenvalue weighted by Crippen LogP contribution is 2.13. The summed E-state index contributed by atoms with van der Waals surface area (Å²) in [6.07, 6.45) is -0.120. The molecule has 0 spiro atoms. The minimum atomic E-state index is -0.227. The standard InChI is InChI=1S/C14H16N2O3/c1-3-18-10(2)14-15-13(19-16-14)9-12(17)11-7-5-4-6-8-11/h4-8,10H,3,9H2,1-2H3. The molecule has 1 atom stereocenters. The Morgan fingerprint density at radius 1 is 1.37 bits per heavy atom. The number of carbonyl (C=O) groups excluding carboxylic acids is 1. The molecule has 1 aromatic carbocycles. The van der Waals surface area contributed by atoms with Crippen molar-refractivity contribution in [2.45, 2.75) is 26.4 Å². The van der Waals surface area contributed by atoms with Gasteiger partial charge in [0.1, 0.15) is 6.10 Å². The largest absolute Gasteiger partial charge is 0.371 e. The molecular formula is C14H16N2O3. The summed E-state index contributed by atoms with van der Waals surface area (Å²) in [6.45, 7) is 4.32. The SMILES string of the molecule is CCOC(C)c1noc(CC(=O)c2ccccc2)n1. The van der Waals surface area contributed by atoms with Crippen LogP contribution in [0.1, 0.15) is 42.0 Å². The zero-order valence-corrected chi connectivity index (χ0v) is 11.0. The third-order valence-corrected chi connectivity index (χ3v) is 2.67. The molecule has 5 heteroatoms. The molecule has 0 N–H and O–H groups in total. The predicted molar refractivity (Wildman–Crippen MR) is 68.8 cm³/mol. The first-order chi connectivity index (χ1) is 9.20. The smallest absolute Gasteiger partial charge is 0.234 e. The van der Waals surface area contributed by atoms with Crippen LogP contribution >= 0.6 is 0 Å². The molecule has 0 aliphatic rings. The van der Waals surface area contributed by atoms with E-state index < -0.39 is 0 Å². The van der Waals surface area contributed by atoms with Gasteiger partial charge < -0.3 is 9.26 Å². The maximum absolute atomic E-state index is 12.0. The van der Waals surface area contributed by atoms with Crippen LogP contribution in [0, 0.1) is 0 Å². The molecule has 1 unspecified atom stereocenters. The van der Waals surface area contributed by atoms with E-state index in [4.69, 9.17) is 9.26 Å². The van der Waals surface area contributed by atoms with Gasteiger partial charge in [-0.1, -0.05) is 35.5 Å². The summed E-state index contributed by atoms with van der Waals surface area (Å²) < 4.78 is 10.4. The third-order valence-electron chi connectivity index (χ3n) is 2.67. The van der Waals surface area contributed by atoms with Crippen molar-refractivity contribution in [3.63, 3.8) is 0 Å². The van der Waals surface area contributed by atoms with Crippen LogP contribution in [0.2, 0.25) is 0 Å². The minimum absolute atomic E-state index is 0.0418. The van der Waals surface area contributed by atoms with Crippen LogP contribution in [0.5, 0.6) is 0 Å². The van der Waals surface area contributed by atoms with Gasteiger partial charge in [-0.3, -0.25) is 4.79 Å². The topological polar surface area (TPSA) is 65.2 Å². The molecule has 1 heterocycles. The highest BCUT2D eigenvalue weighted by Gasteiger charge is 2.16. The lowest BCUT2D eigenvalue weighted by Crippen LogP contribution is -2.05. The number of benzene rings is 1. The Hall–Kier alpha value is -2.01. The van der Waals surface area contributed by atoms with Gasteiger partial charge >= 0.3 is 0 Å². The first kappa shape index (κ1) is 13.4. The zero-order chi connectivity index (χ0) is 13.7. The second kappa shape index (κ2) is 6.24. The minimum Gasteiger partial charge on any atom is -0.371 e. The Bertz CT molecular complexity index is 537. The number of carbonyl (C=O) groups is 1. The number of ether oxygens (including phenoxy) is 1. The number of ketones is 1. The van der Waals surface area contributed by atoms with Gasteiger partial charge in [-0.2, -0.15) is 4.98 Å². The molecule has 0 radical (unpaired) electrons. The maximum atomic E-state index is 12.0. The summed E-state index contributed by atoms with van der Waals surface area (Å²) in [5, 5.41) is 3.82. The van der Waals surface area contributed by atoms with Gasteiger partial charge in [0.2, 0.25) is 5.89 Å².